The summed E-state index contributed by atoms with van der Waals surface area (Å²) in [6.45, 7) is 0.647. The van der Waals surface area contributed by atoms with Crippen molar-refractivity contribution in [1.29, 1.82) is 0 Å². The quantitative estimate of drug-likeness (QED) is 0.832. The first-order chi connectivity index (χ1) is 10.0. The van der Waals surface area contributed by atoms with Gasteiger partial charge < -0.3 is 14.7 Å². The van der Waals surface area contributed by atoms with Crippen LogP contribution < -0.4 is 4.74 Å². The van der Waals surface area contributed by atoms with Crippen LogP contribution in [0.4, 0.5) is 0 Å². The van der Waals surface area contributed by atoms with Crippen LogP contribution in [0.5, 0.6) is 5.75 Å². The van der Waals surface area contributed by atoms with Gasteiger partial charge in [0.2, 0.25) is 5.91 Å². The van der Waals surface area contributed by atoms with Gasteiger partial charge in [-0.3, -0.25) is 9.59 Å². The number of carbonyl (C=O) groups excluding carboxylic acids is 1. The number of amides is 1. The van der Waals surface area contributed by atoms with Crippen LogP contribution in [0.25, 0.3) is 0 Å². The Morgan fingerprint density at radius 2 is 1.95 bits per heavy atom. The van der Waals surface area contributed by atoms with Crippen LogP contribution in [-0.2, 0) is 16.0 Å². The zero-order chi connectivity index (χ0) is 15.4. The van der Waals surface area contributed by atoms with Crippen LogP contribution in [0.15, 0.2) is 24.3 Å². The van der Waals surface area contributed by atoms with Crippen LogP contribution in [0.1, 0.15) is 18.4 Å². The first-order valence-corrected chi connectivity index (χ1v) is 7.13. The molecule has 0 radical (unpaired) electrons. The van der Waals surface area contributed by atoms with E-state index < -0.39 is 11.9 Å². The van der Waals surface area contributed by atoms with Crippen molar-refractivity contribution in [2.45, 2.75) is 19.3 Å². The molecule has 0 bridgehead atoms. The van der Waals surface area contributed by atoms with Crippen molar-refractivity contribution in [1.82, 2.24) is 4.90 Å². The molecule has 0 aliphatic heterocycles. The van der Waals surface area contributed by atoms with Gasteiger partial charge in [0.25, 0.3) is 0 Å². The molecule has 1 amide bonds. The molecule has 1 N–H and O–H groups in total. The average Bonchev–Trinajstić information content (AvgIpc) is 3.27. The molecule has 2 unspecified atom stereocenters. The SMILES string of the molecule is COc1ccc(CCCN(C)C(=O)C2CC2C(=O)O)cc1. The minimum absolute atomic E-state index is 0.0443. The van der Waals surface area contributed by atoms with Crippen LogP contribution in [0.2, 0.25) is 0 Å². The van der Waals surface area contributed by atoms with Crippen molar-refractivity contribution >= 4 is 11.9 Å². The number of ether oxygens (including phenoxy) is 1. The third-order valence-corrected chi connectivity index (χ3v) is 3.92. The van der Waals surface area contributed by atoms with E-state index in [0.29, 0.717) is 13.0 Å². The van der Waals surface area contributed by atoms with Gasteiger partial charge in [0.1, 0.15) is 5.75 Å². The molecule has 21 heavy (non-hydrogen) atoms. The number of aryl methyl sites for hydroxylation is 1. The maximum absolute atomic E-state index is 12.0. The van der Waals surface area contributed by atoms with Crippen molar-refractivity contribution < 1.29 is 19.4 Å². The molecule has 1 fully saturated rings. The van der Waals surface area contributed by atoms with Gasteiger partial charge in [0, 0.05) is 13.6 Å². The molecule has 0 aromatic heterocycles. The summed E-state index contributed by atoms with van der Waals surface area (Å²) in [5, 5.41) is 8.84. The lowest BCUT2D eigenvalue weighted by Crippen LogP contribution is -2.30. The highest BCUT2D eigenvalue weighted by Gasteiger charge is 2.49. The van der Waals surface area contributed by atoms with Gasteiger partial charge in [0.05, 0.1) is 18.9 Å². The van der Waals surface area contributed by atoms with E-state index in [0.717, 1.165) is 18.6 Å². The highest BCUT2D eigenvalue weighted by atomic mass is 16.5. The van der Waals surface area contributed by atoms with Gasteiger partial charge in [-0.05, 0) is 37.0 Å². The first kappa shape index (κ1) is 15.4. The van der Waals surface area contributed by atoms with Gasteiger partial charge in [-0.2, -0.15) is 0 Å². The lowest BCUT2D eigenvalue weighted by molar-refractivity contribution is -0.141. The fourth-order valence-electron chi connectivity index (χ4n) is 2.45. The minimum atomic E-state index is -0.861. The number of hydrogen-bond donors (Lipinski definition) is 1. The van der Waals surface area contributed by atoms with Gasteiger partial charge >= 0.3 is 5.97 Å². The number of carbonyl (C=O) groups is 2. The number of hydrogen-bond acceptors (Lipinski definition) is 3. The Morgan fingerprint density at radius 1 is 1.29 bits per heavy atom. The predicted molar refractivity (Wildman–Crippen MR) is 78.2 cm³/mol. The molecular formula is C16H21NO4. The summed E-state index contributed by atoms with van der Waals surface area (Å²) in [5.41, 5.74) is 1.20. The van der Waals surface area contributed by atoms with Gasteiger partial charge in [-0.25, -0.2) is 0 Å². The summed E-state index contributed by atoms with van der Waals surface area (Å²) in [6.07, 6.45) is 2.23. The molecule has 1 aliphatic rings. The number of aliphatic carboxylic acids is 1. The van der Waals surface area contributed by atoms with E-state index in [1.54, 1.807) is 19.1 Å². The Hall–Kier alpha value is -2.04. The molecule has 0 saturated heterocycles. The number of methoxy groups -OCH3 is 1. The largest absolute Gasteiger partial charge is 0.497 e. The number of nitrogens with zero attached hydrogens (tertiary/aromatic N) is 1. The van der Waals surface area contributed by atoms with E-state index in [9.17, 15) is 9.59 Å². The van der Waals surface area contributed by atoms with Crippen LogP contribution in [0.3, 0.4) is 0 Å². The molecule has 5 heteroatoms. The van der Waals surface area contributed by atoms with Gasteiger partial charge in [-0.1, -0.05) is 12.1 Å². The molecule has 0 spiro atoms. The standard InChI is InChI=1S/C16H21NO4/c1-17(15(18)13-10-14(13)16(19)20)9-3-4-11-5-7-12(21-2)8-6-11/h5-8,13-14H,3-4,9-10H2,1-2H3,(H,19,20). The van der Waals surface area contributed by atoms with Crippen molar-refractivity contribution in [2.75, 3.05) is 20.7 Å². The van der Waals surface area contributed by atoms with E-state index in [1.165, 1.54) is 5.56 Å². The molecule has 1 aromatic carbocycles. The lowest BCUT2D eigenvalue weighted by atomic mass is 10.1. The molecule has 1 aromatic rings. The Labute approximate surface area is 124 Å². The van der Waals surface area contributed by atoms with Gasteiger partial charge in [0.15, 0.2) is 0 Å². The van der Waals surface area contributed by atoms with Crippen LogP contribution in [-0.4, -0.2) is 42.6 Å². The van der Waals surface area contributed by atoms with E-state index in [4.69, 9.17) is 9.84 Å². The molecule has 1 saturated carbocycles. The summed E-state index contributed by atoms with van der Waals surface area (Å²) in [5.74, 6) is -0.855. The number of carboxylic acids is 1. The summed E-state index contributed by atoms with van der Waals surface area (Å²) in [6, 6.07) is 7.88. The maximum atomic E-state index is 12.0. The normalized spacial score (nSPS) is 19.9. The van der Waals surface area contributed by atoms with Crippen molar-refractivity contribution in [3.05, 3.63) is 29.8 Å². The second kappa shape index (κ2) is 6.61. The second-order valence-electron chi connectivity index (χ2n) is 5.50. The van der Waals surface area contributed by atoms with Crippen LogP contribution >= 0.6 is 0 Å². The second-order valence-corrected chi connectivity index (χ2v) is 5.50. The molecule has 5 nitrogen and oxygen atoms in total. The van der Waals surface area contributed by atoms with Crippen molar-refractivity contribution in [2.24, 2.45) is 11.8 Å². The fraction of sp³-hybridized carbons (Fsp3) is 0.500. The third kappa shape index (κ3) is 3.97. The molecular weight excluding hydrogens is 270 g/mol. The molecule has 2 rings (SSSR count). The van der Waals surface area contributed by atoms with E-state index in [1.807, 2.05) is 24.3 Å². The lowest BCUT2D eigenvalue weighted by Gasteiger charge is -2.17. The zero-order valence-corrected chi connectivity index (χ0v) is 12.4. The predicted octanol–water partition coefficient (Wildman–Crippen LogP) is 1.81. The summed E-state index contributed by atoms with van der Waals surface area (Å²) in [4.78, 5) is 24.4. The van der Waals surface area contributed by atoms with Crippen molar-refractivity contribution in [3.63, 3.8) is 0 Å². The van der Waals surface area contributed by atoms with Crippen LogP contribution in [0, 0.1) is 11.8 Å². The molecule has 1 aliphatic carbocycles. The zero-order valence-electron chi connectivity index (χ0n) is 12.4. The maximum Gasteiger partial charge on any atom is 0.307 e. The highest BCUT2D eigenvalue weighted by molar-refractivity contribution is 5.89. The first-order valence-electron chi connectivity index (χ1n) is 7.13. The monoisotopic (exact) mass is 291 g/mol. The van der Waals surface area contributed by atoms with Crippen molar-refractivity contribution in [3.8, 4) is 5.75 Å². The number of rotatable bonds is 7. The van der Waals surface area contributed by atoms with E-state index >= 15 is 0 Å². The van der Waals surface area contributed by atoms with Gasteiger partial charge in [-0.15, -0.1) is 0 Å². The molecule has 114 valence electrons. The minimum Gasteiger partial charge on any atom is -0.497 e. The Morgan fingerprint density at radius 3 is 2.48 bits per heavy atom. The fourth-order valence-corrected chi connectivity index (χ4v) is 2.45. The highest BCUT2D eigenvalue weighted by Crippen LogP contribution is 2.39. The van der Waals surface area contributed by atoms with E-state index in [-0.39, 0.29) is 11.8 Å². The number of benzene rings is 1. The molecule has 2 atom stereocenters. The third-order valence-electron chi connectivity index (χ3n) is 3.92. The number of carboxylic acid groups (broad SMARTS) is 1. The Bertz CT molecular complexity index is 512. The summed E-state index contributed by atoms with van der Waals surface area (Å²) in [7, 11) is 3.38. The average molecular weight is 291 g/mol. The summed E-state index contributed by atoms with van der Waals surface area (Å²) >= 11 is 0. The Balaban J connectivity index is 1.72. The Kier molecular flexibility index (Phi) is 4.83. The van der Waals surface area contributed by atoms with E-state index in [2.05, 4.69) is 0 Å². The smallest absolute Gasteiger partial charge is 0.307 e. The topological polar surface area (TPSA) is 66.8 Å². The summed E-state index contributed by atoms with van der Waals surface area (Å²) < 4.78 is 5.11. The molecule has 0 heterocycles.